The van der Waals surface area contributed by atoms with Crippen LogP contribution in [0, 0.1) is 6.92 Å². The largest absolute Gasteiger partial charge is 0.382 e. The van der Waals surface area contributed by atoms with Gasteiger partial charge in [-0.25, -0.2) is 4.98 Å². The van der Waals surface area contributed by atoms with Gasteiger partial charge in [-0.15, -0.1) is 22.7 Å². The molecule has 0 aromatic carbocycles. The van der Waals surface area contributed by atoms with Crippen LogP contribution in [0.4, 0.5) is 5.13 Å². The summed E-state index contributed by atoms with van der Waals surface area (Å²) >= 11 is 2.92. The predicted molar refractivity (Wildman–Crippen MR) is 101 cm³/mol. The van der Waals surface area contributed by atoms with Gasteiger partial charge in [0.05, 0.1) is 18.7 Å². The molecule has 0 atom stereocenters. The van der Waals surface area contributed by atoms with Gasteiger partial charge in [-0.05, 0) is 31.7 Å². The zero-order chi connectivity index (χ0) is 18.1. The summed E-state index contributed by atoms with van der Waals surface area (Å²) in [5.74, 6) is -0.283. The molecule has 2 heterocycles. The maximum Gasteiger partial charge on any atom is 0.245 e. The Labute approximate surface area is 155 Å². The average molecular weight is 382 g/mol. The van der Waals surface area contributed by atoms with Crippen LogP contribution >= 0.6 is 22.7 Å². The minimum absolute atomic E-state index is 0.0228. The van der Waals surface area contributed by atoms with Gasteiger partial charge >= 0.3 is 0 Å². The fourth-order valence-corrected chi connectivity index (χ4v) is 3.61. The second-order valence-electron chi connectivity index (χ2n) is 5.46. The zero-order valence-corrected chi connectivity index (χ0v) is 16.1. The van der Waals surface area contributed by atoms with Crippen molar-refractivity contribution in [1.82, 2.24) is 9.88 Å². The van der Waals surface area contributed by atoms with Crippen molar-refractivity contribution in [2.45, 2.75) is 26.7 Å². The number of nitrogens with zero attached hydrogens (tertiary/aromatic N) is 2. The molecule has 2 aromatic heterocycles. The summed E-state index contributed by atoms with van der Waals surface area (Å²) in [6, 6.07) is 3.85. The van der Waals surface area contributed by atoms with Gasteiger partial charge in [0, 0.05) is 30.0 Å². The molecular formula is C17H23N3O3S2. The number of ether oxygens (including phenoxy) is 1. The van der Waals surface area contributed by atoms with Crippen molar-refractivity contribution in [2.75, 3.05) is 31.6 Å². The number of aromatic nitrogens is 1. The zero-order valence-electron chi connectivity index (χ0n) is 14.5. The number of nitrogens with one attached hydrogen (secondary N) is 1. The highest BCUT2D eigenvalue weighted by Gasteiger charge is 2.18. The van der Waals surface area contributed by atoms with Gasteiger partial charge in [-0.2, -0.15) is 0 Å². The molecule has 0 radical (unpaired) electrons. The van der Waals surface area contributed by atoms with Gasteiger partial charge in [0.25, 0.3) is 0 Å². The second kappa shape index (κ2) is 10.3. The van der Waals surface area contributed by atoms with Crippen molar-refractivity contribution in [3.63, 3.8) is 0 Å². The Morgan fingerprint density at radius 2 is 2.20 bits per heavy atom. The molecule has 0 aliphatic rings. The highest BCUT2D eigenvalue weighted by molar-refractivity contribution is 7.13. The van der Waals surface area contributed by atoms with Crippen molar-refractivity contribution in [3.8, 4) is 0 Å². The van der Waals surface area contributed by atoms with Crippen LogP contribution in [-0.2, 0) is 20.7 Å². The number of aryl methyl sites for hydroxylation is 1. The van der Waals surface area contributed by atoms with E-state index in [1.807, 2.05) is 36.7 Å². The van der Waals surface area contributed by atoms with Crippen molar-refractivity contribution < 1.29 is 14.3 Å². The van der Waals surface area contributed by atoms with Crippen molar-refractivity contribution in [1.29, 1.82) is 0 Å². The predicted octanol–water partition coefficient (Wildman–Crippen LogP) is 2.95. The van der Waals surface area contributed by atoms with Gasteiger partial charge in [-0.3, -0.25) is 9.59 Å². The number of thiophene rings is 1. The molecular weight excluding hydrogens is 358 g/mol. The number of carbonyl (C=O) groups is 2. The van der Waals surface area contributed by atoms with E-state index < -0.39 is 0 Å². The highest BCUT2D eigenvalue weighted by Crippen LogP contribution is 2.15. The Balaban J connectivity index is 1.92. The molecule has 2 rings (SSSR count). The quantitative estimate of drug-likeness (QED) is 0.642. The van der Waals surface area contributed by atoms with E-state index in [2.05, 4.69) is 10.3 Å². The molecule has 0 aliphatic carbocycles. The summed E-state index contributed by atoms with van der Waals surface area (Å²) in [5, 5.41) is 7.13. The molecule has 6 nitrogen and oxygen atoms in total. The Hall–Kier alpha value is -1.77. The van der Waals surface area contributed by atoms with Crippen molar-refractivity contribution in [3.05, 3.63) is 33.5 Å². The summed E-state index contributed by atoms with van der Waals surface area (Å²) in [5.41, 5.74) is 0.864. The lowest BCUT2D eigenvalue weighted by molar-refractivity contribution is -0.134. The third-order valence-electron chi connectivity index (χ3n) is 3.38. The van der Waals surface area contributed by atoms with Crippen LogP contribution in [0.2, 0.25) is 0 Å². The van der Waals surface area contributed by atoms with E-state index in [4.69, 9.17) is 4.74 Å². The molecule has 2 aromatic rings. The first-order valence-electron chi connectivity index (χ1n) is 8.18. The van der Waals surface area contributed by atoms with E-state index in [1.54, 1.807) is 16.2 Å². The number of thiazole rings is 1. The first-order chi connectivity index (χ1) is 12.1. The van der Waals surface area contributed by atoms with E-state index in [0.29, 0.717) is 37.7 Å². The number of hydrogen-bond donors (Lipinski definition) is 1. The summed E-state index contributed by atoms with van der Waals surface area (Å²) < 4.78 is 5.33. The van der Waals surface area contributed by atoms with Crippen molar-refractivity contribution >= 4 is 39.6 Å². The van der Waals surface area contributed by atoms with Crippen molar-refractivity contribution in [2.24, 2.45) is 0 Å². The van der Waals surface area contributed by atoms with E-state index in [0.717, 1.165) is 10.6 Å². The highest BCUT2D eigenvalue weighted by atomic mass is 32.1. The fourth-order valence-electron chi connectivity index (χ4n) is 2.21. The number of carbonyl (C=O) groups excluding carboxylic acids is 2. The SMILES string of the molecule is CCOCCCN(CC(=O)Nc1nc(C)cs1)C(=O)Cc1cccs1. The van der Waals surface area contributed by atoms with Gasteiger partial charge in [-0.1, -0.05) is 6.07 Å². The maximum atomic E-state index is 12.6. The molecule has 0 spiro atoms. The Morgan fingerprint density at radius 3 is 2.84 bits per heavy atom. The van der Waals surface area contributed by atoms with E-state index in [-0.39, 0.29) is 18.4 Å². The third-order valence-corrected chi connectivity index (χ3v) is 5.13. The molecule has 1 N–H and O–H groups in total. The molecule has 0 saturated heterocycles. The second-order valence-corrected chi connectivity index (χ2v) is 7.35. The molecule has 136 valence electrons. The fraction of sp³-hybridized carbons (Fsp3) is 0.471. The normalized spacial score (nSPS) is 10.6. The lowest BCUT2D eigenvalue weighted by Crippen LogP contribution is -2.39. The lowest BCUT2D eigenvalue weighted by Gasteiger charge is -2.22. The molecule has 8 heteroatoms. The molecule has 2 amide bonds. The maximum absolute atomic E-state index is 12.6. The molecule has 0 saturated carbocycles. The van der Waals surface area contributed by atoms with Crippen LogP contribution in [0.5, 0.6) is 0 Å². The smallest absolute Gasteiger partial charge is 0.245 e. The molecule has 0 bridgehead atoms. The Kier molecular flexibility index (Phi) is 8.03. The minimum Gasteiger partial charge on any atom is -0.382 e. The van der Waals surface area contributed by atoms with Crippen LogP contribution in [0.1, 0.15) is 23.9 Å². The topological polar surface area (TPSA) is 71.5 Å². The van der Waals surface area contributed by atoms with Crippen LogP contribution in [0.25, 0.3) is 0 Å². The summed E-state index contributed by atoms with van der Waals surface area (Å²) in [6.45, 7) is 5.54. The van der Waals surface area contributed by atoms with Gasteiger partial charge in [0.2, 0.25) is 11.8 Å². The van der Waals surface area contributed by atoms with Gasteiger partial charge in [0.15, 0.2) is 5.13 Å². The van der Waals surface area contributed by atoms with E-state index >= 15 is 0 Å². The average Bonchev–Trinajstić information content (AvgIpc) is 3.22. The third kappa shape index (κ3) is 6.93. The van der Waals surface area contributed by atoms with Crippen LogP contribution in [-0.4, -0.2) is 48.0 Å². The monoisotopic (exact) mass is 381 g/mol. The first-order valence-corrected chi connectivity index (χ1v) is 9.94. The Bertz CT molecular complexity index is 670. The lowest BCUT2D eigenvalue weighted by atomic mass is 10.3. The van der Waals surface area contributed by atoms with Gasteiger partial charge < -0.3 is 15.0 Å². The van der Waals surface area contributed by atoms with Gasteiger partial charge in [0.1, 0.15) is 0 Å². The molecule has 25 heavy (non-hydrogen) atoms. The number of anilines is 1. The first kappa shape index (κ1) is 19.6. The number of amides is 2. The van der Waals surface area contributed by atoms with E-state index in [1.165, 1.54) is 11.3 Å². The summed E-state index contributed by atoms with van der Waals surface area (Å²) in [4.78, 5) is 31.6. The van der Waals surface area contributed by atoms with Crippen LogP contribution in [0.3, 0.4) is 0 Å². The molecule has 0 aliphatic heterocycles. The summed E-state index contributed by atoms with van der Waals surface area (Å²) in [7, 11) is 0. The Morgan fingerprint density at radius 1 is 1.36 bits per heavy atom. The van der Waals surface area contributed by atoms with E-state index in [9.17, 15) is 9.59 Å². The standard InChI is InChI=1S/C17H23N3O3S2/c1-3-23-8-5-7-20(16(22)10-14-6-4-9-24-14)11-15(21)19-17-18-13(2)12-25-17/h4,6,9,12H,3,5,7-8,10-11H2,1-2H3,(H,18,19,21). The van der Waals surface area contributed by atoms with Crippen LogP contribution in [0.15, 0.2) is 22.9 Å². The minimum atomic E-state index is -0.231. The summed E-state index contributed by atoms with van der Waals surface area (Å²) in [6.07, 6.45) is 1.02. The van der Waals surface area contributed by atoms with Crippen LogP contribution < -0.4 is 5.32 Å². The number of rotatable bonds is 10. The molecule has 0 unspecified atom stereocenters. The number of hydrogen-bond acceptors (Lipinski definition) is 6. The molecule has 0 fully saturated rings.